The van der Waals surface area contributed by atoms with Gasteiger partial charge in [0.05, 0.1) is 11.0 Å². The van der Waals surface area contributed by atoms with Crippen LogP contribution in [0.3, 0.4) is 0 Å². The lowest BCUT2D eigenvalue weighted by molar-refractivity contribution is -0.386. The molecule has 1 saturated carbocycles. The number of nitrogens with zero attached hydrogens (tertiary/aromatic N) is 3. The van der Waals surface area contributed by atoms with Crippen molar-refractivity contribution < 1.29 is 13.7 Å². The molecular formula is C9H10ClF2N3O2. The summed E-state index contributed by atoms with van der Waals surface area (Å²) in [5, 5.41) is 14.0. The van der Waals surface area contributed by atoms with Crippen molar-refractivity contribution in [3.63, 3.8) is 0 Å². The van der Waals surface area contributed by atoms with Gasteiger partial charge in [0, 0.05) is 0 Å². The molecule has 0 saturated heterocycles. The Balaban J connectivity index is 2.47. The summed E-state index contributed by atoms with van der Waals surface area (Å²) in [5.41, 5.74) is -1.61. The van der Waals surface area contributed by atoms with Gasteiger partial charge in [-0.3, -0.25) is 10.1 Å². The summed E-state index contributed by atoms with van der Waals surface area (Å²) in [5.74, 6) is 0. The van der Waals surface area contributed by atoms with Gasteiger partial charge < -0.3 is 0 Å². The van der Waals surface area contributed by atoms with Crippen LogP contribution in [0, 0.1) is 10.1 Å². The SMILES string of the molecule is O=[N+]([O-])c1c(C(F)F)nn(C2CCCC2)c1Cl. The first kappa shape index (κ1) is 12.2. The van der Waals surface area contributed by atoms with E-state index in [1.165, 1.54) is 4.68 Å². The zero-order valence-electron chi connectivity index (χ0n) is 8.78. The summed E-state index contributed by atoms with van der Waals surface area (Å²) >= 11 is 5.77. The molecule has 0 spiro atoms. The van der Waals surface area contributed by atoms with E-state index in [1.54, 1.807) is 0 Å². The third kappa shape index (κ3) is 2.11. The van der Waals surface area contributed by atoms with E-state index in [9.17, 15) is 18.9 Å². The third-order valence-corrected chi connectivity index (χ3v) is 3.27. The summed E-state index contributed by atoms with van der Waals surface area (Å²) in [7, 11) is 0. The van der Waals surface area contributed by atoms with Gasteiger partial charge >= 0.3 is 5.69 Å². The number of aromatic nitrogens is 2. The minimum Gasteiger partial charge on any atom is -0.258 e. The van der Waals surface area contributed by atoms with Gasteiger partial charge in [0.25, 0.3) is 6.43 Å². The van der Waals surface area contributed by atoms with Crippen LogP contribution in [0.15, 0.2) is 0 Å². The van der Waals surface area contributed by atoms with Crippen LogP contribution in [0.5, 0.6) is 0 Å². The maximum Gasteiger partial charge on any atom is 0.335 e. The molecule has 0 aliphatic heterocycles. The number of alkyl halides is 2. The Hall–Kier alpha value is -1.24. The largest absolute Gasteiger partial charge is 0.335 e. The molecule has 94 valence electrons. The van der Waals surface area contributed by atoms with Gasteiger partial charge in [-0.1, -0.05) is 24.4 Å². The maximum atomic E-state index is 12.6. The van der Waals surface area contributed by atoms with Gasteiger partial charge in [-0.05, 0) is 12.8 Å². The summed E-state index contributed by atoms with van der Waals surface area (Å²) in [6, 6.07) is -0.103. The van der Waals surface area contributed by atoms with Crippen LogP contribution in [-0.4, -0.2) is 14.7 Å². The van der Waals surface area contributed by atoms with Crippen LogP contribution in [0.1, 0.15) is 43.8 Å². The number of nitro groups is 1. The van der Waals surface area contributed by atoms with Crippen LogP contribution in [0.2, 0.25) is 5.15 Å². The Bertz CT molecular complexity index is 444. The number of hydrogen-bond donors (Lipinski definition) is 0. The standard InChI is InChI=1S/C9H10ClF2N3O2/c10-8-7(15(16)17)6(9(11)12)13-14(8)5-3-1-2-4-5/h5,9H,1-4H2. The van der Waals surface area contributed by atoms with Crippen LogP contribution < -0.4 is 0 Å². The first-order chi connectivity index (χ1) is 8.02. The molecule has 1 fully saturated rings. The highest BCUT2D eigenvalue weighted by atomic mass is 35.5. The number of halogens is 3. The smallest absolute Gasteiger partial charge is 0.258 e. The van der Waals surface area contributed by atoms with Gasteiger partial charge in [-0.2, -0.15) is 5.10 Å². The Morgan fingerprint density at radius 2 is 2.06 bits per heavy atom. The average molecular weight is 266 g/mol. The van der Waals surface area contributed by atoms with E-state index in [0.717, 1.165) is 25.7 Å². The lowest BCUT2D eigenvalue weighted by Gasteiger charge is -2.09. The van der Waals surface area contributed by atoms with E-state index in [1.807, 2.05) is 0 Å². The van der Waals surface area contributed by atoms with Crippen molar-refractivity contribution in [2.75, 3.05) is 0 Å². The molecule has 0 atom stereocenters. The highest BCUT2D eigenvalue weighted by Crippen LogP contribution is 2.39. The molecule has 1 aromatic rings. The second-order valence-electron chi connectivity index (χ2n) is 3.97. The van der Waals surface area contributed by atoms with Gasteiger partial charge in [0.1, 0.15) is 0 Å². The van der Waals surface area contributed by atoms with Gasteiger partial charge in [0.2, 0.25) is 10.8 Å². The Morgan fingerprint density at radius 3 is 2.47 bits per heavy atom. The molecule has 2 rings (SSSR count). The molecule has 0 amide bonds. The van der Waals surface area contributed by atoms with E-state index in [-0.39, 0.29) is 11.2 Å². The van der Waals surface area contributed by atoms with E-state index in [2.05, 4.69) is 5.10 Å². The van der Waals surface area contributed by atoms with Gasteiger partial charge in [-0.25, -0.2) is 13.5 Å². The van der Waals surface area contributed by atoms with Crippen LogP contribution in [0.25, 0.3) is 0 Å². The molecule has 0 N–H and O–H groups in total. The van der Waals surface area contributed by atoms with Crippen LogP contribution in [0.4, 0.5) is 14.5 Å². The Kier molecular flexibility index (Phi) is 3.28. The fraction of sp³-hybridized carbons (Fsp3) is 0.667. The molecule has 1 heterocycles. The highest BCUT2D eigenvalue weighted by Gasteiger charge is 2.34. The second-order valence-corrected chi connectivity index (χ2v) is 4.32. The number of hydrogen-bond acceptors (Lipinski definition) is 3. The topological polar surface area (TPSA) is 61.0 Å². The second kappa shape index (κ2) is 4.56. The summed E-state index contributed by atoms with van der Waals surface area (Å²) in [6.45, 7) is 0. The van der Waals surface area contributed by atoms with Crippen molar-refractivity contribution in [1.82, 2.24) is 9.78 Å². The quantitative estimate of drug-likeness (QED) is 0.621. The van der Waals surface area contributed by atoms with Gasteiger partial charge in [0.15, 0.2) is 0 Å². The highest BCUT2D eigenvalue weighted by molar-refractivity contribution is 6.31. The number of rotatable bonds is 3. The molecule has 1 aliphatic rings. The lowest BCUT2D eigenvalue weighted by atomic mass is 10.3. The summed E-state index contributed by atoms with van der Waals surface area (Å²) in [4.78, 5) is 9.81. The van der Waals surface area contributed by atoms with E-state index >= 15 is 0 Å². The van der Waals surface area contributed by atoms with Crippen LogP contribution >= 0.6 is 11.6 Å². The monoisotopic (exact) mass is 265 g/mol. The summed E-state index contributed by atoms with van der Waals surface area (Å²) in [6.07, 6.45) is 0.454. The van der Waals surface area contributed by atoms with Gasteiger partial charge in [-0.15, -0.1) is 0 Å². The minimum atomic E-state index is -2.99. The van der Waals surface area contributed by atoms with Crippen molar-refractivity contribution in [1.29, 1.82) is 0 Å². The molecule has 8 heteroatoms. The zero-order chi connectivity index (χ0) is 12.6. The Morgan fingerprint density at radius 1 is 1.47 bits per heavy atom. The first-order valence-electron chi connectivity index (χ1n) is 5.22. The third-order valence-electron chi connectivity index (χ3n) is 2.91. The normalized spacial score (nSPS) is 16.9. The molecule has 0 aromatic carbocycles. The predicted molar refractivity (Wildman–Crippen MR) is 56.4 cm³/mol. The van der Waals surface area contributed by atoms with Crippen molar-refractivity contribution in [2.45, 2.75) is 38.2 Å². The average Bonchev–Trinajstić information content (AvgIpc) is 2.83. The minimum absolute atomic E-state index is 0.103. The lowest BCUT2D eigenvalue weighted by Crippen LogP contribution is -2.07. The van der Waals surface area contributed by atoms with Crippen LogP contribution in [-0.2, 0) is 0 Å². The molecule has 0 bridgehead atoms. The van der Waals surface area contributed by atoms with Crippen molar-refractivity contribution >= 4 is 17.3 Å². The fourth-order valence-electron chi connectivity index (χ4n) is 2.13. The van der Waals surface area contributed by atoms with E-state index < -0.39 is 22.7 Å². The Labute approximate surface area is 101 Å². The van der Waals surface area contributed by atoms with Crippen molar-refractivity contribution in [3.8, 4) is 0 Å². The zero-order valence-corrected chi connectivity index (χ0v) is 9.53. The molecule has 0 radical (unpaired) electrons. The molecule has 5 nitrogen and oxygen atoms in total. The molecule has 1 aliphatic carbocycles. The molecule has 0 unspecified atom stereocenters. The van der Waals surface area contributed by atoms with E-state index in [4.69, 9.17) is 11.6 Å². The fourth-order valence-corrected chi connectivity index (χ4v) is 2.47. The molecule has 1 aromatic heterocycles. The molecule has 17 heavy (non-hydrogen) atoms. The first-order valence-corrected chi connectivity index (χ1v) is 5.60. The van der Waals surface area contributed by atoms with E-state index in [0.29, 0.717) is 0 Å². The summed E-state index contributed by atoms with van der Waals surface area (Å²) < 4.78 is 26.4. The molecular weight excluding hydrogens is 256 g/mol. The predicted octanol–water partition coefficient (Wildman–Crippen LogP) is 3.50. The maximum absolute atomic E-state index is 12.6. The van der Waals surface area contributed by atoms with Crippen molar-refractivity contribution in [2.24, 2.45) is 0 Å². The van der Waals surface area contributed by atoms with Crippen molar-refractivity contribution in [3.05, 3.63) is 21.0 Å².